The van der Waals surface area contributed by atoms with Crippen LogP contribution in [0.15, 0.2) is 30.3 Å². The number of piperidine rings is 1. The molecule has 0 radical (unpaired) electrons. The van der Waals surface area contributed by atoms with Crippen molar-refractivity contribution in [3.8, 4) is 0 Å². The van der Waals surface area contributed by atoms with Crippen molar-refractivity contribution in [2.45, 2.75) is 25.8 Å². The van der Waals surface area contributed by atoms with E-state index in [4.69, 9.17) is 4.74 Å². The Bertz CT molecular complexity index is 422. The van der Waals surface area contributed by atoms with E-state index in [1.165, 1.54) is 0 Å². The first-order valence-corrected chi connectivity index (χ1v) is 7.23. The Morgan fingerprint density at radius 2 is 2.00 bits per heavy atom. The van der Waals surface area contributed by atoms with Crippen LogP contribution in [0.25, 0.3) is 0 Å². The van der Waals surface area contributed by atoms with E-state index in [1.807, 2.05) is 37.3 Å². The van der Waals surface area contributed by atoms with Crippen molar-refractivity contribution < 1.29 is 9.53 Å². The van der Waals surface area contributed by atoms with E-state index in [0.717, 1.165) is 31.5 Å². The lowest BCUT2D eigenvalue weighted by Crippen LogP contribution is -2.50. The molecule has 1 atom stereocenters. The summed E-state index contributed by atoms with van der Waals surface area (Å²) in [5.74, 6) is 0.109. The van der Waals surface area contributed by atoms with Crippen LogP contribution in [0, 0.1) is 5.41 Å². The van der Waals surface area contributed by atoms with E-state index in [9.17, 15) is 4.79 Å². The molecule has 0 aliphatic carbocycles. The van der Waals surface area contributed by atoms with E-state index in [2.05, 4.69) is 10.6 Å². The van der Waals surface area contributed by atoms with E-state index in [1.54, 1.807) is 7.11 Å². The van der Waals surface area contributed by atoms with Crippen LogP contribution in [0.4, 0.5) is 0 Å². The molecule has 20 heavy (non-hydrogen) atoms. The number of rotatable bonds is 5. The molecule has 1 aromatic rings. The van der Waals surface area contributed by atoms with Gasteiger partial charge in [0.2, 0.25) is 5.91 Å². The van der Waals surface area contributed by atoms with Crippen molar-refractivity contribution in [2.75, 3.05) is 26.8 Å². The predicted molar refractivity (Wildman–Crippen MR) is 79.4 cm³/mol. The van der Waals surface area contributed by atoms with Crippen molar-refractivity contribution in [3.05, 3.63) is 35.9 Å². The van der Waals surface area contributed by atoms with Gasteiger partial charge in [-0.05, 0) is 38.4 Å². The smallest absolute Gasteiger partial charge is 0.229 e. The van der Waals surface area contributed by atoms with Crippen LogP contribution in [-0.4, -0.2) is 32.7 Å². The highest BCUT2D eigenvalue weighted by atomic mass is 16.5. The summed E-state index contributed by atoms with van der Waals surface area (Å²) in [6.45, 7) is 4.25. The van der Waals surface area contributed by atoms with E-state index < -0.39 is 0 Å². The molecule has 0 saturated carbocycles. The monoisotopic (exact) mass is 276 g/mol. The second-order valence-electron chi connectivity index (χ2n) is 5.57. The number of methoxy groups -OCH3 is 1. The minimum absolute atomic E-state index is 0.0207. The first-order chi connectivity index (χ1) is 9.68. The van der Waals surface area contributed by atoms with Crippen molar-refractivity contribution in [2.24, 2.45) is 5.41 Å². The molecule has 0 spiro atoms. The number of ether oxygens (including phenoxy) is 1. The molecular formula is C16H24N2O2. The molecule has 1 aliphatic heterocycles. The number of hydrogen-bond donors (Lipinski definition) is 2. The molecule has 1 fully saturated rings. The lowest BCUT2D eigenvalue weighted by Gasteiger charge is -2.36. The van der Waals surface area contributed by atoms with Crippen LogP contribution in [0.2, 0.25) is 0 Å². The fourth-order valence-corrected chi connectivity index (χ4v) is 2.79. The molecule has 1 aromatic carbocycles. The maximum absolute atomic E-state index is 12.7. The average molecular weight is 276 g/mol. The minimum Gasteiger partial charge on any atom is -0.384 e. The summed E-state index contributed by atoms with van der Waals surface area (Å²) in [7, 11) is 1.66. The molecule has 0 aromatic heterocycles. The molecule has 0 unspecified atom stereocenters. The van der Waals surface area contributed by atoms with Gasteiger partial charge in [0.1, 0.15) is 0 Å². The first-order valence-electron chi connectivity index (χ1n) is 7.23. The highest BCUT2D eigenvalue weighted by molar-refractivity contribution is 5.83. The summed E-state index contributed by atoms with van der Waals surface area (Å²) in [6.07, 6.45) is 1.66. The Hall–Kier alpha value is -1.39. The first kappa shape index (κ1) is 15.0. The second kappa shape index (κ2) is 6.86. The lowest BCUT2D eigenvalue weighted by atomic mass is 9.78. The van der Waals surface area contributed by atoms with Gasteiger partial charge < -0.3 is 15.4 Å². The third-order valence-corrected chi connectivity index (χ3v) is 4.11. The van der Waals surface area contributed by atoms with Crippen LogP contribution < -0.4 is 10.6 Å². The highest BCUT2D eigenvalue weighted by Gasteiger charge is 2.40. The van der Waals surface area contributed by atoms with Gasteiger partial charge in [0.15, 0.2) is 0 Å². The molecule has 1 amide bonds. The zero-order valence-electron chi connectivity index (χ0n) is 12.3. The number of nitrogens with one attached hydrogen (secondary N) is 2. The average Bonchev–Trinajstić information content (AvgIpc) is 2.49. The summed E-state index contributed by atoms with van der Waals surface area (Å²) in [5, 5.41) is 6.45. The topological polar surface area (TPSA) is 50.4 Å². The van der Waals surface area contributed by atoms with Crippen molar-refractivity contribution in [1.29, 1.82) is 0 Å². The van der Waals surface area contributed by atoms with Crippen LogP contribution in [0.3, 0.4) is 0 Å². The maximum atomic E-state index is 12.7. The Morgan fingerprint density at radius 1 is 1.35 bits per heavy atom. The van der Waals surface area contributed by atoms with E-state index >= 15 is 0 Å². The number of carbonyl (C=O) groups is 1. The van der Waals surface area contributed by atoms with Crippen molar-refractivity contribution >= 4 is 5.91 Å². The molecule has 2 N–H and O–H groups in total. The molecule has 4 nitrogen and oxygen atoms in total. The van der Waals surface area contributed by atoms with E-state index in [0.29, 0.717) is 6.61 Å². The standard InChI is InChI=1S/C16H24N2O2/c1-13(14-6-4-3-5-7-14)18-15(19)16(12-20-2)8-10-17-11-9-16/h3-7,13,17H,8-12H2,1-2H3,(H,18,19)/t13-/m1/s1. The zero-order valence-corrected chi connectivity index (χ0v) is 12.3. The van der Waals surface area contributed by atoms with Gasteiger partial charge in [0.25, 0.3) is 0 Å². The molecular weight excluding hydrogens is 252 g/mol. The number of carbonyl (C=O) groups excluding carboxylic acids is 1. The molecule has 4 heteroatoms. The molecule has 1 heterocycles. The number of hydrogen-bond acceptors (Lipinski definition) is 3. The predicted octanol–water partition coefficient (Wildman–Crippen LogP) is 1.88. The molecule has 2 rings (SSSR count). The summed E-state index contributed by atoms with van der Waals surface area (Å²) in [6, 6.07) is 10.1. The molecule has 1 saturated heterocycles. The van der Waals surface area contributed by atoms with Gasteiger partial charge >= 0.3 is 0 Å². The summed E-state index contributed by atoms with van der Waals surface area (Å²) >= 11 is 0. The largest absolute Gasteiger partial charge is 0.384 e. The Balaban J connectivity index is 2.05. The Kier molecular flexibility index (Phi) is 5.15. The Morgan fingerprint density at radius 3 is 2.60 bits per heavy atom. The molecule has 1 aliphatic rings. The van der Waals surface area contributed by atoms with Crippen molar-refractivity contribution in [1.82, 2.24) is 10.6 Å². The zero-order chi connectivity index (χ0) is 14.4. The van der Waals surface area contributed by atoms with Gasteiger partial charge in [-0.2, -0.15) is 0 Å². The number of benzene rings is 1. The SMILES string of the molecule is COCC1(C(=O)N[C@H](C)c2ccccc2)CCNCC1. The van der Waals surface area contributed by atoms with Crippen LogP contribution >= 0.6 is 0 Å². The summed E-state index contributed by atoms with van der Waals surface area (Å²) in [5.41, 5.74) is 0.741. The lowest BCUT2D eigenvalue weighted by molar-refractivity contribution is -0.136. The van der Waals surface area contributed by atoms with Gasteiger partial charge in [-0.25, -0.2) is 0 Å². The summed E-state index contributed by atoms with van der Waals surface area (Å²) < 4.78 is 5.30. The second-order valence-corrected chi connectivity index (χ2v) is 5.57. The molecule has 0 bridgehead atoms. The minimum atomic E-state index is -0.386. The van der Waals surface area contributed by atoms with Gasteiger partial charge in [0.05, 0.1) is 18.1 Å². The van der Waals surface area contributed by atoms with Gasteiger partial charge in [-0.3, -0.25) is 4.79 Å². The van der Waals surface area contributed by atoms with Gasteiger partial charge in [-0.1, -0.05) is 30.3 Å². The summed E-state index contributed by atoms with van der Waals surface area (Å²) in [4.78, 5) is 12.7. The Labute approximate surface area is 120 Å². The van der Waals surface area contributed by atoms with Gasteiger partial charge in [-0.15, -0.1) is 0 Å². The van der Waals surface area contributed by atoms with Crippen LogP contribution in [0.1, 0.15) is 31.4 Å². The normalized spacial score (nSPS) is 19.3. The van der Waals surface area contributed by atoms with Crippen LogP contribution in [0.5, 0.6) is 0 Å². The number of amides is 1. The van der Waals surface area contributed by atoms with Crippen LogP contribution in [-0.2, 0) is 9.53 Å². The van der Waals surface area contributed by atoms with Crippen molar-refractivity contribution in [3.63, 3.8) is 0 Å². The quantitative estimate of drug-likeness (QED) is 0.863. The van der Waals surface area contributed by atoms with E-state index in [-0.39, 0.29) is 17.4 Å². The maximum Gasteiger partial charge on any atom is 0.229 e. The third kappa shape index (κ3) is 3.38. The fourth-order valence-electron chi connectivity index (χ4n) is 2.79. The van der Waals surface area contributed by atoms with Gasteiger partial charge in [0, 0.05) is 7.11 Å². The third-order valence-electron chi connectivity index (χ3n) is 4.11. The molecule has 110 valence electrons. The fraction of sp³-hybridized carbons (Fsp3) is 0.562. The highest BCUT2D eigenvalue weighted by Crippen LogP contribution is 2.30.